The third-order valence-electron chi connectivity index (χ3n) is 3.32. The SMILES string of the molecule is CNCC(C)C(=O)Nc1cc(-c2nc(C)co2)ccc1C. The molecule has 5 heteroatoms. The second-order valence-electron chi connectivity index (χ2n) is 5.27. The fourth-order valence-corrected chi connectivity index (χ4v) is 2.03. The lowest BCUT2D eigenvalue weighted by Crippen LogP contribution is -2.28. The summed E-state index contributed by atoms with van der Waals surface area (Å²) in [5.41, 5.74) is 3.48. The van der Waals surface area contributed by atoms with Crippen LogP contribution in [-0.4, -0.2) is 24.5 Å². The number of nitrogens with zero attached hydrogens (tertiary/aromatic N) is 1. The number of carbonyl (C=O) groups excluding carboxylic acids is 1. The lowest BCUT2D eigenvalue weighted by atomic mass is 10.1. The van der Waals surface area contributed by atoms with E-state index in [0.717, 1.165) is 22.5 Å². The summed E-state index contributed by atoms with van der Waals surface area (Å²) < 4.78 is 5.40. The standard InChI is InChI=1S/C16H21N3O2/c1-10-5-6-13(16-18-12(3)9-21-16)7-14(10)19-15(20)11(2)8-17-4/h5-7,9,11,17H,8H2,1-4H3,(H,19,20). The van der Waals surface area contributed by atoms with Gasteiger partial charge in [0.05, 0.1) is 5.69 Å². The maximum atomic E-state index is 12.1. The Labute approximate surface area is 124 Å². The Morgan fingerprint density at radius 1 is 1.38 bits per heavy atom. The van der Waals surface area contributed by atoms with E-state index >= 15 is 0 Å². The first-order valence-corrected chi connectivity index (χ1v) is 7.00. The fraction of sp³-hybridized carbons (Fsp3) is 0.375. The van der Waals surface area contributed by atoms with Crippen molar-refractivity contribution in [2.75, 3.05) is 18.9 Å². The van der Waals surface area contributed by atoms with Crippen molar-refractivity contribution in [3.8, 4) is 11.5 Å². The van der Waals surface area contributed by atoms with Gasteiger partial charge in [-0.2, -0.15) is 0 Å². The Bertz CT molecular complexity index is 634. The van der Waals surface area contributed by atoms with E-state index in [0.29, 0.717) is 12.4 Å². The molecule has 0 aliphatic carbocycles. The average Bonchev–Trinajstić information content (AvgIpc) is 2.88. The third kappa shape index (κ3) is 3.70. The zero-order valence-corrected chi connectivity index (χ0v) is 12.9. The van der Waals surface area contributed by atoms with Crippen LogP contribution in [0.15, 0.2) is 28.9 Å². The number of nitrogens with one attached hydrogen (secondary N) is 2. The molecular formula is C16H21N3O2. The first kappa shape index (κ1) is 15.3. The number of hydrogen-bond acceptors (Lipinski definition) is 4. The van der Waals surface area contributed by atoms with Gasteiger partial charge in [-0.1, -0.05) is 13.0 Å². The summed E-state index contributed by atoms with van der Waals surface area (Å²) in [5.74, 6) is 0.460. The van der Waals surface area contributed by atoms with Crippen LogP contribution in [0.3, 0.4) is 0 Å². The van der Waals surface area contributed by atoms with Crippen molar-refractivity contribution in [2.24, 2.45) is 5.92 Å². The van der Waals surface area contributed by atoms with Crippen LogP contribution in [0.5, 0.6) is 0 Å². The second-order valence-corrected chi connectivity index (χ2v) is 5.27. The number of oxazole rings is 1. The molecule has 0 spiro atoms. The summed E-state index contributed by atoms with van der Waals surface area (Å²) in [6.07, 6.45) is 1.61. The van der Waals surface area contributed by atoms with Crippen LogP contribution in [0, 0.1) is 19.8 Å². The van der Waals surface area contributed by atoms with Crippen molar-refractivity contribution in [2.45, 2.75) is 20.8 Å². The highest BCUT2D eigenvalue weighted by Crippen LogP contribution is 2.25. The normalized spacial score (nSPS) is 12.2. The zero-order chi connectivity index (χ0) is 15.4. The molecule has 2 rings (SSSR count). The Hall–Kier alpha value is -2.14. The molecule has 1 aromatic carbocycles. The molecule has 1 atom stereocenters. The number of aryl methyl sites for hydroxylation is 2. The van der Waals surface area contributed by atoms with Gasteiger partial charge >= 0.3 is 0 Å². The predicted molar refractivity (Wildman–Crippen MR) is 83.1 cm³/mol. The van der Waals surface area contributed by atoms with E-state index in [1.54, 1.807) is 6.26 Å². The minimum absolute atomic E-state index is 0.00631. The lowest BCUT2D eigenvalue weighted by Gasteiger charge is -2.14. The van der Waals surface area contributed by atoms with Crippen LogP contribution in [0.25, 0.3) is 11.5 Å². The van der Waals surface area contributed by atoms with Crippen LogP contribution in [0.2, 0.25) is 0 Å². The van der Waals surface area contributed by atoms with Gasteiger partial charge in [0.1, 0.15) is 6.26 Å². The Kier molecular flexibility index (Phi) is 4.75. The van der Waals surface area contributed by atoms with Gasteiger partial charge in [-0.05, 0) is 38.6 Å². The second kappa shape index (κ2) is 6.54. The summed E-state index contributed by atoms with van der Waals surface area (Å²) in [4.78, 5) is 16.4. The van der Waals surface area contributed by atoms with Crippen LogP contribution in [0.4, 0.5) is 5.69 Å². The summed E-state index contributed by atoms with van der Waals surface area (Å²) in [7, 11) is 1.83. The number of carbonyl (C=O) groups is 1. The fourth-order valence-electron chi connectivity index (χ4n) is 2.03. The Balaban J connectivity index is 2.21. The number of rotatable bonds is 5. The molecule has 112 valence electrons. The van der Waals surface area contributed by atoms with E-state index in [2.05, 4.69) is 15.6 Å². The lowest BCUT2D eigenvalue weighted by molar-refractivity contribution is -0.119. The maximum Gasteiger partial charge on any atom is 0.228 e. The highest BCUT2D eigenvalue weighted by atomic mass is 16.3. The van der Waals surface area contributed by atoms with Gasteiger partial charge < -0.3 is 15.1 Å². The predicted octanol–water partition coefficient (Wildman–Crippen LogP) is 2.75. The first-order chi connectivity index (χ1) is 10.0. The number of anilines is 1. The number of aromatic nitrogens is 1. The molecule has 21 heavy (non-hydrogen) atoms. The molecule has 0 saturated carbocycles. The summed E-state index contributed by atoms with van der Waals surface area (Å²) in [6, 6.07) is 5.78. The maximum absolute atomic E-state index is 12.1. The van der Waals surface area contributed by atoms with Gasteiger partial charge in [-0.25, -0.2) is 4.98 Å². The Morgan fingerprint density at radius 3 is 2.76 bits per heavy atom. The van der Waals surface area contributed by atoms with Gasteiger partial charge in [0.15, 0.2) is 0 Å². The quantitative estimate of drug-likeness (QED) is 0.887. The summed E-state index contributed by atoms with van der Waals surface area (Å²) in [6.45, 7) is 6.37. The molecule has 0 aliphatic rings. The molecule has 1 heterocycles. The highest BCUT2D eigenvalue weighted by Gasteiger charge is 2.14. The van der Waals surface area contributed by atoms with Crippen molar-refractivity contribution in [3.63, 3.8) is 0 Å². The van der Waals surface area contributed by atoms with E-state index in [4.69, 9.17) is 4.42 Å². The average molecular weight is 287 g/mol. The largest absolute Gasteiger partial charge is 0.444 e. The molecule has 2 aromatic rings. The van der Waals surface area contributed by atoms with Crippen molar-refractivity contribution in [1.82, 2.24) is 10.3 Å². The van der Waals surface area contributed by atoms with Gasteiger partial charge in [-0.3, -0.25) is 4.79 Å². The molecule has 1 aromatic heterocycles. The number of amides is 1. The smallest absolute Gasteiger partial charge is 0.228 e. The first-order valence-electron chi connectivity index (χ1n) is 7.00. The van der Waals surface area contributed by atoms with Crippen LogP contribution in [0.1, 0.15) is 18.2 Å². The molecule has 0 bridgehead atoms. The zero-order valence-electron chi connectivity index (χ0n) is 12.9. The van der Waals surface area contributed by atoms with Crippen molar-refractivity contribution in [3.05, 3.63) is 35.7 Å². The third-order valence-corrected chi connectivity index (χ3v) is 3.32. The van der Waals surface area contributed by atoms with Gasteiger partial charge in [0, 0.05) is 23.7 Å². The molecule has 2 N–H and O–H groups in total. The molecule has 1 amide bonds. The number of benzene rings is 1. The van der Waals surface area contributed by atoms with E-state index < -0.39 is 0 Å². The highest BCUT2D eigenvalue weighted by molar-refractivity contribution is 5.93. The summed E-state index contributed by atoms with van der Waals surface area (Å²) >= 11 is 0. The van der Waals surface area contributed by atoms with E-state index in [1.807, 2.05) is 46.0 Å². The molecule has 1 unspecified atom stereocenters. The van der Waals surface area contributed by atoms with Crippen molar-refractivity contribution in [1.29, 1.82) is 0 Å². The molecule has 0 saturated heterocycles. The van der Waals surface area contributed by atoms with Gasteiger partial charge in [0.25, 0.3) is 0 Å². The van der Waals surface area contributed by atoms with E-state index in [-0.39, 0.29) is 11.8 Å². The van der Waals surface area contributed by atoms with Crippen LogP contribution in [-0.2, 0) is 4.79 Å². The minimum atomic E-state index is -0.0953. The molecule has 5 nitrogen and oxygen atoms in total. The van der Waals surface area contributed by atoms with Crippen LogP contribution < -0.4 is 10.6 Å². The topological polar surface area (TPSA) is 67.2 Å². The molecular weight excluding hydrogens is 266 g/mol. The number of hydrogen-bond donors (Lipinski definition) is 2. The van der Waals surface area contributed by atoms with E-state index in [1.165, 1.54) is 0 Å². The van der Waals surface area contributed by atoms with Gasteiger partial charge in [-0.15, -0.1) is 0 Å². The van der Waals surface area contributed by atoms with Gasteiger partial charge in [0.2, 0.25) is 11.8 Å². The van der Waals surface area contributed by atoms with E-state index in [9.17, 15) is 4.79 Å². The van der Waals surface area contributed by atoms with Crippen molar-refractivity contribution < 1.29 is 9.21 Å². The minimum Gasteiger partial charge on any atom is -0.444 e. The molecule has 0 radical (unpaired) electrons. The van der Waals surface area contributed by atoms with Crippen LogP contribution >= 0.6 is 0 Å². The molecule has 0 fully saturated rings. The summed E-state index contributed by atoms with van der Waals surface area (Å²) in [5, 5.41) is 5.97. The van der Waals surface area contributed by atoms with Crippen molar-refractivity contribution >= 4 is 11.6 Å². The monoisotopic (exact) mass is 287 g/mol. The molecule has 0 aliphatic heterocycles. The Morgan fingerprint density at radius 2 is 2.14 bits per heavy atom.